The molecule has 62 valence electrons. The average molecular weight is 216 g/mol. The minimum atomic E-state index is 0.693. The minimum Gasteiger partial charge on any atom is -0.399 e. The Hall–Kier alpha value is -0.380. The van der Waals surface area contributed by atoms with E-state index in [-0.39, 0.29) is 0 Å². The van der Waals surface area contributed by atoms with Crippen molar-refractivity contribution < 1.29 is 0 Å². The van der Waals surface area contributed by atoms with Crippen LogP contribution in [0, 0.1) is 0 Å². The summed E-state index contributed by atoms with van der Waals surface area (Å²) in [7, 11) is 0. The fourth-order valence-electron chi connectivity index (χ4n) is 1.12. The van der Waals surface area contributed by atoms with Crippen molar-refractivity contribution in [2.45, 2.75) is 4.21 Å². The molecule has 1 heterocycles. The molecular formula is C8H6ClNS2. The topological polar surface area (TPSA) is 26.0 Å². The van der Waals surface area contributed by atoms with E-state index in [1.807, 2.05) is 12.1 Å². The zero-order valence-corrected chi connectivity index (χ0v) is 8.51. The van der Waals surface area contributed by atoms with Crippen LogP contribution in [-0.2, 0) is 0 Å². The molecule has 1 nitrogen and oxygen atoms in total. The van der Waals surface area contributed by atoms with Crippen molar-refractivity contribution in [2.75, 3.05) is 5.73 Å². The molecule has 0 fully saturated rings. The molecule has 0 saturated heterocycles. The van der Waals surface area contributed by atoms with E-state index in [4.69, 9.17) is 17.3 Å². The van der Waals surface area contributed by atoms with E-state index in [9.17, 15) is 0 Å². The Kier molecular flexibility index (Phi) is 1.94. The minimum absolute atomic E-state index is 0.693. The van der Waals surface area contributed by atoms with E-state index in [0.717, 1.165) is 14.3 Å². The summed E-state index contributed by atoms with van der Waals surface area (Å²) in [5.41, 5.74) is 6.32. The summed E-state index contributed by atoms with van der Waals surface area (Å²) in [4.78, 5) is 0. The number of hydrogen-bond acceptors (Lipinski definition) is 3. The van der Waals surface area contributed by atoms with Crippen molar-refractivity contribution in [3.05, 3.63) is 23.2 Å². The van der Waals surface area contributed by atoms with E-state index in [2.05, 4.69) is 12.6 Å². The number of nitrogens with two attached hydrogens (primary N) is 1. The van der Waals surface area contributed by atoms with Gasteiger partial charge in [0, 0.05) is 5.69 Å². The molecule has 0 saturated carbocycles. The number of nitrogen functional groups attached to an aromatic ring is 1. The van der Waals surface area contributed by atoms with Crippen molar-refractivity contribution in [3.8, 4) is 0 Å². The van der Waals surface area contributed by atoms with Crippen molar-refractivity contribution in [1.29, 1.82) is 0 Å². The van der Waals surface area contributed by atoms with Gasteiger partial charge in [-0.25, -0.2) is 0 Å². The standard InChI is InChI=1S/C8H6ClNS2/c9-6-3-5(10)1-4-2-7(11)12-8(4)6/h1-3,11H,10H2. The predicted octanol–water partition coefficient (Wildman–Crippen LogP) is 3.43. The average Bonchev–Trinajstić information content (AvgIpc) is 2.29. The van der Waals surface area contributed by atoms with Gasteiger partial charge in [-0.3, -0.25) is 0 Å². The molecule has 0 bridgehead atoms. The largest absolute Gasteiger partial charge is 0.399 e. The number of rotatable bonds is 0. The van der Waals surface area contributed by atoms with Gasteiger partial charge in [0.2, 0.25) is 0 Å². The molecule has 0 aliphatic carbocycles. The molecule has 1 aromatic carbocycles. The van der Waals surface area contributed by atoms with Gasteiger partial charge in [0.15, 0.2) is 0 Å². The van der Waals surface area contributed by atoms with Gasteiger partial charge in [-0.2, -0.15) is 0 Å². The van der Waals surface area contributed by atoms with Gasteiger partial charge >= 0.3 is 0 Å². The summed E-state index contributed by atoms with van der Waals surface area (Å²) in [5.74, 6) is 0. The van der Waals surface area contributed by atoms with E-state index >= 15 is 0 Å². The highest BCUT2D eigenvalue weighted by atomic mass is 35.5. The molecule has 1 aromatic heterocycles. The number of fused-ring (bicyclic) bond motifs is 1. The maximum atomic E-state index is 5.97. The van der Waals surface area contributed by atoms with Crippen molar-refractivity contribution in [3.63, 3.8) is 0 Å². The molecular weight excluding hydrogens is 210 g/mol. The first-order valence-electron chi connectivity index (χ1n) is 3.34. The van der Waals surface area contributed by atoms with Crippen LogP contribution in [0.15, 0.2) is 22.4 Å². The Morgan fingerprint density at radius 3 is 2.83 bits per heavy atom. The first-order valence-corrected chi connectivity index (χ1v) is 4.98. The molecule has 0 amide bonds. The molecule has 0 radical (unpaired) electrons. The van der Waals surface area contributed by atoms with Crippen LogP contribution in [0.5, 0.6) is 0 Å². The number of thiol groups is 1. The lowest BCUT2D eigenvalue weighted by molar-refractivity contribution is 1.75. The molecule has 0 aliphatic heterocycles. The van der Waals surface area contributed by atoms with E-state index in [1.165, 1.54) is 0 Å². The normalized spacial score (nSPS) is 10.8. The smallest absolute Gasteiger partial charge is 0.0605 e. The third-order valence-corrected chi connectivity index (χ3v) is 3.38. The Labute approximate surface area is 84.6 Å². The quantitative estimate of drug-likeness (QED) is 0.511. The third kappa shape index (κ3) is 1.28. The zero-order valence-electron chi connectivity index (χ0n) is 6.04. The lowest BCUT2D eigenvalue weighted by atomic mass is 10.2. The Morgan fingerprint density at radius 2 is 2.08 bits per heavy atom. The van der Waals surface area contributed by atoms with E-state index < -0.39 is 0 Å². The summed E-state index contributed by atoms with van der Waals surface area (Å²) >= 11 is 11.8. The van der Waals surface area contributed by atoms with Gasteiger partial charge in [-0.15, -0.1) is 24.0 Å². The monoisotopic (exact) mass is 215 g/mol. The van der Waals surface area contributed by atoms with Crippen molar-refractivity contribution >= 4 is 51.3 Å². The van der Waals surface area contributed by atoms with Crippen LogP contribution in [0.25, 0.3) is 10.1 Å². The molecule has 0 unspecified atom stereocenters. The summed E-state index contributed by atoms with van der Waals surface area (Å²) in [6.45, 7) is 0. The van der Waals surface area contributed by atoms with Gasteiger partial charge in [0.25, 0.3) is 0 Å². The molecule has 4 heteroatoms. The van der Waals surface area contributed by atoms with Gasteiger partial charge in [-0.1, -0.05) is 11.6 Å². The second-order valence-corrected chi connectivity index (χ2v) is 4.75. The summed E-state index contributed by atoms with van der Waals surface area (Å²) in [6.07, 6.45) is 0. The second kappa shape index (κ2) is 2.83. The Morgan fingerprint density at radius 1 is 1.33 bits per heavy atom. The van der Waals surface area contributed by atoms with Gasteiger partial charge < -0.3 is 5.73 Å². The second-order valence-electron chi connectivity index (χ2n) is 2.51. The number of benzene rings is 1. The SMILES string of the molecule is Nc1cc(Cl)c2sc(S)cc2c1. The predicted molar refractivity (Wildman–Crippen MR) is 58.5 cm³/mol. The Balaban J connectivity index is 2.88. The molecule has 0 spiro atoms. The number of halogens is 1. The van der Waals surface area contributed by atoms with Crippen LogP contribution < -0.4 is 5.73 Å². The molecule has 2 rings (SSSR count). The molecule has 0 aliphatic rings. The molecule has 12 heavy (non-hydrogen) atoms. The molecule has 2 aromatic rings. The fourth-order valence-corrected chi connectivity index (χ4v) is 2.67. The van der Waals surface area contributed by atoms with Gasteiger partial charge in [0.05, 0.1) is 13.9 Å². The Bertz CT molecular complexity index is 436. The van der Waals surface area contributed by atoms with Crippen LogP contribution in [0.4, 0.5) is 5.69 Å². The maximum absolute atomic E-state index is 5.97. The lowest BCUT2D eigenvalue weighted by Crippen LogP contribution is -1.82. The van der Waals surface area contributed by atoms with Crippen LogP contribution in [0.2, 0.25) is 5.02 Å². The fraction of sp³-hybridized carbons (Fsp3) is 0. The van der Waals surface area contributed by atoms with Gasteiger partial charge in [0.1, 0.15) is 0 Å². The van der Waals surface area contributed by atoms with Crippen LogP contribution in [-0.4, -0.2) is 0 Å². The first kappa shape index (κ1) is 8.23. The zero-order chi connectivity index (χ0) is 8.72. The third-order valence-electron chi connectivity index (χ3n) is 1.58. The highest BCUT2D eigenvalue weighted by Gasteiger charge is 2.03. The van der Waals surface area contributed by atoms with Gasteiger partial charge in [-0.05, 0) is 23.6 Å². The highest BCUT2D eigenvalue weighted by molar-refractivity contribution is 7.83. The number of thiophene rings is 1. The number of hydrogen-bond donors (Lipinski definition) is 2. The van der Waals surface area contributed by atoms with Crippen LogP contribution in [0.3, 0.4) is 0 Å². The lowest BCUT2D eigenvalue weighted by Gasteiger charge is -1.95. The van der Waals surface area contributed by atoms with Crippen LogP contribution in [0.1, 0.15) is 0 Å². The highest BCUT2D eigenvalue weighted by Crippen LogP contribution is 2.35. The van der Waals surface area contributed by atoms with E-state index in [1.54, 1.807) is 17.4 Å². The maximum Gasteiger partial charge on any atom is 0.0605 e. The number of anilines is 1. The summed E-state index contributed by atoms with van der Waals surface area (Å²) in [5, 5.41) is 1.77. The van der Waals surface area contributed by atoms with Crippen molar-refractivity contribution in [1.82, 2.24) is 0 Å². The first-order chi connectivity index (χ1) is 5.66. The van der Waals surface area contributed by atoms with E-state index in [0.29, 0.717) is 10.7 Å². The van der Waals surface area contributed by atoms with Crippen LogP contribution >= 0.6 is 35.6 Å². The van der Waals surface area contributed by atoms with Crippen molar-refractivity contribution in [2.24, 2.45) is 0 Å². The summed E-state index contributed by atoms with van der Waals surface area (Å²) in [6, 6.07) is 5.62. The molecule has 2 N–H and O–H groups in total. The summed E-state index contributed by atoms with van der Waals surface area (Å²) < 4.78 is 2.01. The molecule has 0 atom stereocenters.